The van der Waals surface area contributed by atoms with Crippen LogP contribution >= 0.6 is 11.3 Å². The zero-order valence-electron chi connectivity index (χ0n) is 13.6. The van der Waals surface area contributed by atoms with Gasteiger partial charge in [-0.15, -0.1) is 16.4 Å². The third kappa shape index (κ3) is 3.79. The van der Waals surface area contributed by atoms with Crippen LogP contribution in [0.5, 0.6) is 0 Å². The molecule has 0 saturated carbocycles. The molecular weight excluding hydrogens is 310 g/mol. The first-order valence-corrected chi connectivity index (χ1v) is 8.99. The maximum absolute atomic E-state index is 12.5. The van der Waals surface area contributed by atoms with Gasteiger partial charge in [0.25, 0.3) is 5.91 Å². The number of carbonyl (C=O) groups is 1. The summed E-state index contributed by atoms with van der Waals surface area (Å²) in [7, 11) is 0. The zero-order valence-corrected chi connectivity index (χ0v) is 14.4. The Morgan fingerprint density at radius 2 is 2.30 bits per heavy atom. The van der Waals surface area contributed by atoms with E-state index in [2.05, 4.69) is 32.4 Å². The maximum atomic E-state index is 12.5. The average Bonchev–Trinajstić information content (AvgIpc) is 3.17. The minimum atomic E-state index is -0.133. The summed E-state index contributed by atoms with van der Waals surface area (Å²) in [6, 6.07) is 4.54. The molecule has 0 bridgehead atoms. The molecule has 7 heteroatoms. The summed E-state index contributed by atoms with van der Waals surface area (Å²) in [5, 5.41) is 16.8. The summed E-state index contributed by atoms with van der Waals surface area (Å²) in [4.78, 5) is 13.7. The molecule has 23 heavy (non-hydrogen) atoms. The van der Waals surface area contributed by atoms with E-state index >= 15 is 0 Å². The Morgan fingerprint density at radius 1 is 1.52 bits per heavy atom. The summed E-state index contributed by atoms with van der Waals surface area (Å²) in [5.74, 6) is -0.133. The maximum Gasteiger partial charge on any atom is 0.273 e. The van der Waals surface area contributed by atoms with E-state index in [0.29, 0.717) is 11.7 Å². The molecule has 0 spiro atoms. The predicted octanol–water partition coefficient (Wildman–Crippen LogP) is 1.93. The van der Waals surface area contributed by atoms with Crippen molar-refractivity contribution in [1.82, 2.24) is 25.6 Å². The van der Waals surface area contributed by atoms with Gasteiger partial charge in [0.2, 0.25) is 0 Å². The third-order valence-corrected chi connectivity index (χ3v) is 5.16. The molecule has 1 saturated heterocycles. The minimum absolute atomic E-state index is 0.0737. The Bertz CT molecular complexity index is 645. The van der Waals surface area contributed by atoms with Gasteiger partial charge in [0.05, 0.1) is 11.7 Å². The number of piperidine rings is 1. The molecule has 0 aliphatic carbocycles. The number of thiophene rings is 1. The van der Waals surface area contributed by atoms with E-state index in [1.807, 2.05) is 24.6 Å². The lowest BCUT2D eigenvalue weighted by Gasteiger charge is -2.23. The van der Waals surface area contributed by atoms with Crippen molar-refractivity contribution < 1.29 is 4.79 Å². The summed E-state index contributed by atoms with van der Waals surface area (Å²) >= 11 is 1.71. The van der Waals surface area contributed by atoms with Crippen molar-refractivity contribution in [3.8, 4) is 0 Å². The van der Waals surface area contributed by atoms with Gasteiger partial charge in [-0.1, -0.05) is 11.3 Å². The van der Waals surface area contributed by atoms with E-state index in [-0.39, 0.29) is 11.9 Å². The Balaban J connectivity index is 1.64. The van der Waals surface area contributed by atoms with Gasteiger partial charge in [-0.2, -0.15) is 0 Å². The fourth-order valence-electron chi connectivity index (χ4n) is 3.02. The molecule has 1 amide bonds. The van der Waals surface area contributed by atoms with Crippen molar-refractivity contribution >= 4 is 17.2 Å². The van der Waals surface area contributed by atoms with Crippen molar-refractivity contribution in [2.24, 2.45) is 0 Å². The highest BCUT2D eigenvalue weighted by Crippen LogP contribution is 2.20. The summed E-state index contributed by atoms with van der Waals surface area (Å²) in [6.45, 7) is 5.93. The fraction of sp³-hybridized carbons (Fsp3) is 0.562. The SMILES string of the molecule is Cc1c(C(=O)NC(C)Cc2cccs2)nnn1C1CCNCC1. The van der Waals surface area contributed by atoms with Crippen LogP contribution in [0.3, 0.4) is 0 Å². The van der Waals surface area contributed by atoms with E-state index in [9.17, 15) is 4.79 Å². The molecule has 1 atom stereocenters. The standard InChI is InChI=1S/C16H23N5OS/c1-11(10-14-4-3-9-23-14)18-16(22)15-12(2)21(20-19-15)13-5-7-17-8-6-13/h3-4,9,11,13,17H,5-8,10H2,1-2H3,(H,18,22). The average molecular weight is 333 g/mol. The zero-order chi connectivity index (χ0) is 16.2. The molecule has 124 valence electrons. The molecule has 3 rings (SSSR count). The number of nitrogens with zero attached hydrogens (tertiary/aromatic N) is 3. The topological polar surface area (TPSA) is 71.8 Å². The molecule has 2 aromatic heterocycles. The molecule has 1 aliphatic heterocycles. The van der Waals surface area contributed by atoms with Crippen molar-refractivity contribution in [2.45, 2.75) is 45.2 Å². The van der Waals surface area contributed by atoms with Gasteiger partial charge in [-0.25, -0.2) is 4.68 Å². The Kier molecular flexibility index (Phi) is 5.07. The van der Waals surface area contributed by atoms with Gasteiger partial charge in [-0.05, 0) is 51.2 Å². The van der Waals surface area contributed by atoms with Crippen molar-refractivity contribution in [3.05, 3.63) is 33.8 Å². The first-order chi connectivity index (χ1) is 11.1. The molecule has 0 aromatic carbocycles. The molecule has 1 aliphatic rings. The number of nitrogens with one attached hydrogen (secondary N) is 2. The second-order valence-electron chi connectivity index (χ2n) is 6.11. The highest BCUT2D eigenvalue weighted by molar-refractivity contribution is 7.09. The summed E-state index contributed by atoms with van der Waals surface area (Å²) < 4.78 is 1.92. The van der Waals surface area contributed by atoms with Gasteiger partial charge in [0.15, 0.2) is 5.69 Å². The predicted molar refractivity (Wildman–Crippen MR) is 90.9 cm³/mol. The lowest BCUT2D eigenvalue weighted by atomic mass is 10.1. The van der Waals surface area contributed by atoms with Gasteiger partial charge >= 0.3 is 0 Å². The van der Waals surface area contributed by atoms with Crippen LogP contribution < -0.4 is 10.6 Å². The monoisotopic (exact) mass is 333 g/mol. The second kappa shape index (κ2) is 7.23. The van der Waals surface area contributed by atoms with E-state index in [0.717, 1.165) is 38.0 Å². The largest absolute Gasteiger partial charge is 0.348 e. The Morgan fingerprint density at radius 3 is 3.00 bits per heavy atom. The van der Waals surface area contributed by atoms with Crippen LogP contribution in [-0.2, 0) is 6.42 Å². The number of carbonyl (C=O) groups excluding carboxylic acids is 1. The molecule has 6 nitrogen and oxygen atoms in total. The highest BCUT2D eigenvalue weighted by atomic mass is 32.1. The number of aromatic nitrogens is 3. The smallest absolute Gasteiger partial charge is 0.273 e. The second-order valence-corrected chi connectivity index (χ2v) is 7.14. The van der Waals surface area contributed by atoms with E-state index < -0.39 is 0 Å². The van der Waals surface area contributed by atoms with Crippen LogP contribution in [0.1, 0.15) is 46.9 Å². The number of hydrogen-bond acceptors (Lipinski definition) is 5. The van der Waals surface area contributed by atoms with Crippen LogP contribution in [0.25, 0.3) is 0 Å². The Labute approximate surface area is 140 Å². The molecule has 1 fully saturated rings. The van der Waals surface area contributed by atoms with E-state index in [1.54, 1.807) is 11.3 Å². The molecule has 0 radical (unpaired) electrons. The quantitative estimate of drug-likeness (QED) is 0.877. The van der Waals surface area contributed by atoms with Crippen LogP contribution in [-0.4, -0.2) is 40.0 Å². The van der Waals surface area contributed by atoms with Crippen LogP contribution in [0.4, 0.5) is 0 Å². The molecule has 1 unspecified atom stereocenters. The Hall–Kier alpha value is -1.73. The van der Waals surface area contributed by atoms with Crippen molar-refractivity contribution in [3.63, 3.8) is 0 Å². The minimum Gasteiger partial charge on any atom is -0.348 e. The number of rotatable bonds is 5. The van der Waals surface area contributed by atoms with Crippen LogP contribution in [0.2, 0.25) is 0 Å². The van der Waals surface area contributed by atoms with Gasteiger partial charge in [0.1, 0.15) is 0 Å². The number of amides is 1. The van der Waals surface area contributed by atoms with Crippen LogP contribution in [0.15, 0.2) is 17.5 Å². The van der Waals surface area contributed by atoms with E-state index in [1.165, 1.54) is 4.88 Å². The highest BCUT2D eigenvalue weighted by Gasteiger charge is 2.23. The molecule has 3 heterocycles. The molecule has 2 aromatic rings. The van der Waals surface area contributed by atoms with Crippen molar-refractivity contribution in [2.75, 3.05) is 13.1 Å². The lowest BCUT2D eigenvalue weighted by molar-refractivity contribution is 0.0934. The van der Waals surface area contributed by atoms with Crippen LogP contribution in [0, 0.1) is 6.92 Å². The lowest BCUT2D eigenvalue weighted by Crippen LogP contribution is -2.34. The van der Waals surface area contributed by atoms with Gasteiger partial charge in [-0.3, -0.25) is 4.79 Å². The fourth-order valence-corrected chi connectivity index (χ4v) is 3.86. The van der Waals surface area contributed by atoms with Gasteiger partial charge in [0, 0.05) is 17.3 Å². The first kappa shape index (κ1) is 16.1. The summed E-state index contributed by atoms with van der Waals surface area (Å²) in [6.07, 6.45) is 2.89. The summed E-state index contributed by atoms with van der Waals surface area (Å²) in [5.41, 5.74) is 1.30. The van der Waals surface area contributed by atoms with E-state index in [4.69, 9.17) is 0 Å². The molecule has 2 N–H and O–H groups in total. The molecular formula is C16H23N5OS. The normalized spacial score (nSPS) is 17.1. The number of hydrogen-bond donors (Lipinski definition) is 2. The third-order valence-electron chi connectivity index (χ3n) is 4.26. The first-order valence-electron chi connectivity index (χ1n) is 8.11. The van der Waals surface area contributed by atoms with Crippen molar-refractivity contribution in [1.29, 1.82) is 0 Å². The van der Waals surface area contributed by atoms with Gasteiger partial charge < -0.3 is 10.6 Å².